The highest BCUT2D eigenvalue weighted by Gasteiger charge is 2.22. The van der Waals surface area contributed by atoms with E-state index in [0.717, 1.165) is 17.5 Å². The predicted octanol–water partition coefficient (Wildman–Crippen LogP) is 4.48. The van der Waals surface area contributed by atoms with E-state index in [1.54, 1.807) is 0 Å². The number of carbonyl (C=O) groups is 1. The third kappa shape index (κ3) is 3.47. The maximum atomic E-state index is 12.3. The van der Waals surface area contributed by atoms with Crippen molar-refractivity contribution >= 4 is 5.97 Å². The Balaban J connectivity index is 2.07. The van der Waals surface area contributed by atoms with Crippen molar-refractivity contribution < 1.29 is 9.53 Å². The molecule has 0 heterocycles. The molecule has 20 heavy (non-hydrogen) atoms. The van der Waals surface area contributed by atoms with Crippen LogP contribution in [0.3, 0.4) is 0 Å². The molecule has 2 aromatic rings. The second-order valence-electron chi connectivity index (χ2n) is 4.86. The lowest BCUT2D eigenvalue weighted by Gasteiger charge is -2.19. The van der Waals surface area contributed by atoms with Crippen LogP contribution in [0.5, 0.6) is 0 Å². The van der Waals surface area contributed by atoms with Crippen molar-refractivity contribution in [3.63, 3.8) is 0 Å². The average molecular weight is 268 g/mol. The lowest BCUT2D eigenvalue weighted by molar-refractivity contribution is -0.150. The first-order valence-electron chi connectivity index (χ1n) is 7.02. The summed E-state index contributed by atoms with van der Waals surface area (Å²) in [7, 11) is 0. The fourth-order valence-corrected chi connectivity index (χ4v) is 2.27. The predicted molar refractivity (Wildman–Crippen MR) is 80.4 cm³/mol. The number of ether oxygens (including phenoxy) is 1. The molecule has 2 rings (SSSR count). The van der Waals surface area contributed by atoms with Crippen LogP contribution in [0.1, 0.15) is 43.4 Å². The summed E-state index contributed by atoms with van der Waals surface area (Å²) >= 11 is 0. The van der Waals surface area contributed by atoms with E-state index in [4.69, 9.17) is 4.74 Å². The third-order valence-electron chi connectivity index (χ3n) is 3.46. The Morgan fingerprint density at radius 3 is 1.95 bits per heavy atom. The zero-order chi connectivity index (χ0) is 14.4. The van der Waals surface area contributed by atoms with Crippen LogP contribution < -0.4 is 0 Å². The molecule has 0 spiro atoms. The molecule has 2 atom stereocenters. The van der Waals surface area contributed by atoms with E-state index in [-0.39, 0.29) is 18.0 Å². The molecule has 104 valence electrons. The van der Waals surface area contributed by atoms with Gasteiger partial charge in [0.1, 0.15) is 6.10 Å². The minimum absolute atomic E-state index is 0.157. The molecule has 0 aromatic heterocycles. The van der Waals surface area contributed by atoms with Crippen LogP contribution in [-0.2, 0) is 9.53 Å². The summed E-state index contributed by atoms with van der Waals surface area (Å²) < 4.78 is 5.60. The van der Waals surface area contributed by atoms with Crippen LogP contribution in [0.2, 0.25) is 0 Å². The molecule has 0 saturated carbocycles. The van der Waals surface area contributed by atoms with Crippen LogP contribution in [0, 0.1) is 0 Å². The summed E-state index contributed by atoms with van der Waals surface area (Å²) in [5.41, 5.74) is 2.03. The van der Waals surface area contributed by atoms with Crippen molar-refractivity contribution in [3.8, 4) is 0 Å². The van der Waals surface area contributed by atoms with Crippen molar-refractivity contribution in [1.29, 1.82) is 0 Å². The molecule has 0 aliphatic heterocycles. The first-order valence-corrected chi connectivity index (χ1v) is 7.02. The van der Waals surface area contributed by atoms with Gasteiger partial charge in [0.15, 0.2) is 0 Å². The number of rotatable bonds is 5. The van der Waals surface area contributed by atoms with E-state index in [1.165, 1.54) is 0 Å². The largest absolute Gasteiger partial charge is 0.457 e. The second-order valence-corrected chi connectivity index (χ2v) is 4.86. The van der Waals surface area contributed by atoms with Gasteiger partial charge in [0, 0.05) is 0 Å². The van der Waals surface area contributed by atoms with Crippen molar-refractivity contribution in [2.75, 3.05) is 0 Å². The van der Waals surface area contributed by atoms with Crippen molar-refractivity contribution in [2.24, 2.45) is 0 Å². The molecule has 0 radical (unpaired) electrons. The lowest BCUT2D eigenvalue weighted by Crippen LogP contribution is -2.17. The summed E-state index contributed by atoms with van der Waals surface area (Å²) in [5.74, 6) is -0.350. The topological polar surface area (TPSA) is 26.3 Å². The minimum atomic E-state index is -0.221. The number of carbonyl (C=O) groups excluding carboxylic acids is 1. The molecule has 2 nitrogen and oxygen atoms in total. The molecule has 2 aromatic carbocycles. The SMILES string of the molecule is CCC(C(=O)OC(C)c1ccccc1)c1ccccc1. The molecule has 0 amide bonds. The zero-order valence-electron chi connectivity index (χ0n) is 12.0. The van der Waals surface area contributed by atoms with Gasteiger partial charge in [-0.05, 0) is 24.5 Å². The Kier molecular flexibility index (Phi) is 4.94. The average Bonchev–Trinajstić information content (AvgIpc) is 2.50. The molecule has 0 fully saturated rings. The normalized spacial score (nSPS) is 13.5. The van der Waals surface area contributed by atoms with Crippen molar-refractivity contribution in [1.82, 2.24) is 0 Å². The van der Waals surface area contributed by atoms with Gasteiger partial charge in [-0.15, -0.1) is 0 Å². The van der Waals surface area contributed by atoms with E-state index >= 15 is 0 Å². The standard InChI is InChI=1S/C18H20O2/c1-3-17(16-12-8-5-9-13-16)18(19)20-14(2)15-10-6-4-7-11-15/h4-14,17H,3H2,1-2H3. The van der Waals surface area contributed by atoms with E-state index < -0.39 is 0 Å². The van der Waals surface area contributed by atoms with Gasteiger partial charge < -0.3 is 4.74 Å². The fourth-order valence-electron chi connectivity index (χ4n) is 2.27. The lowest BCUT2D eigenvalue weighted by atomic mass is 9.96. The molecule has 0 bridgehead atoms. The highest BCUT2D eigenvalue weighted by atomic mass is 16.5. The monoisotopic (exact) mass is 268 g/mol. The summed E-state index contributed by atoms with van der Waals surface area (Å²) in [4.78, 5) is 12.3. The third-order valence-corrected chi connectivity index (χ3v) is 3.46. The first kappa shape index (κ1) is 14.3. The Hall–Kier alpha value is -2.09. The number of benzene rings is 2. The van der Waals surface area contributed by atoms with Crippen LogP contribution in [0.4, 0.5) is 0 Å². The molecule has 0 N–H and O–H groups in total. The Bertz CT molecular complexity index is 534. The molecular formula is C18H20O2. The van der Waals surface area contributed by atoms with Gasteiger partial charge in [-0.1, -0.05) is 67.6 Å². The Morgan fingerprint density at radius 2 is 1.45 bits per heavy atom. The van der Waals surface area contributed by atoms with E-state index in [2.05, 4.69) is 0 Å². The van der Waals surface area contributed by atoms with Gasteiger partial charge in [-0.3, -0.25) is 4.79 Å². The number of hydrogen-bond acceptors (Lipinski definition) is 2. The van der Waals surface area contributed by atoms with E-state index in [0.29, 0.717) is 0 Å². The van der Waals surface area contributed by atoms with Gasteiger partial charge in [0.2, 0.25) is 0 Å². The zero-order valence-corrected chi connectivity index (χ0v) is 12.0. The van der Waals surface area contributed by atoms with Gasteiger partial charge in [-0.2, -0.15) is 0 Å². The van der Waals surface area contributed by atoms with Gasteiger partial charge in [0.05, 0.1) is 5.92 Å². The molecule has 0 saturated heterocycles. The Morgan fingerprint density at radius 1 is 0.950 bits per heavy atom. The highest BCUT2D eigenvalue weighted by Crippen LogP contribution is 2.25. The Labute approximate surface area is 120 Å². The van der Waals surface area contributed by atoms with Crippen LogP contribution in [0.25, 0.3) is 0 Å². The van der Waals surface area contributed by atoms with E-state index in [9.17, 15) is 4.79 Å². The molecular weight excluding hydrogens is 248 g/mol. The van der Waals surface area contributed by atoms with E-state index in [1.807, 2.05) is 74.5 Å². The van der Waals surface area contributed by atoms with Crippen LogP contribution >= 0.6 is 0 Å². The number of hydrogen-bond donors (Lipinski definition) is 0. The maximum absolute atomic E-state index is 12.3. The maximum Gasteiger partial charge on any atom is 0.314 e. The van der Waals surface area contributed by atoms with Gasteiger partial charge >= 0.3 is 5.97 Å². The quantitative estimate of drug-likeness (QED) is 0.747. The van der Waals surface area contributed by atoms with Crippen LogP contribution in [-0.4, -0.2) is 5.97 Å². The van der Waals surface area contributed by atoms with Crippen molar-refractivity contribution in [2.45, 2.75) is 32.3 Å². The van der Waals surface area contributed by atoms with Gasteiger partial charge in [-0.25, -0.2) is 0 Å². The summed E-state index contributed by atoms with van der Waals surface area (Å²) in [6.07, 6.45) is 0.520. The summed E-state index contributed by atoms with van der Waals surface area (Å²) in [6.45, 7) is 3.91. The number of esters is 1. The van der Waals surface area contributed by atoms with Gasteiger partial charge in [0.25, 0.3) is 0 Å². The molecule has 0 aliphatic rings. The smallest absolute Gasteiger partial charge is 0.314 e. The van der Waals surface area contributed by atoms with Crippen LogP contribution in [0.15, 0.2) is 60.7 Å². The second kappa shape index (κ2) is 6.90. The molecule has 0 aliphatic carbocycles. The first-order chi connectivity index (χ1) is 9.72. The van der Waals surface area contributed by atoms with Crippen molar-refractivity contribution in [3.05, 3.63) is 71.8 Å². The molecule has 2 unspecified atom stereocenters. The summed E-state index contributed by atoms with van der Waals surface area (Å²) in [6, 6.07) is 19.6. The minimum Gasteiger partial charge on any atom is -0.457 e. The molecule has 2 heteroatoms. The fraction of sp³-hybridized carbons (Fsp3) is 0.278. The highest BCUT2D eigenvalue weighted by molar-refractivity contribution is 5.78. The summed E-state index contributed by atoms with van der Waals surface area (Å²) in [5, 5.41) is 0.